The van der Waals surface area contributed by atoms with Crippen LogP contribution in [0.4, 0.5) is 25.2 Å². The maximum absolute atomic E-state index is 10.7. The zero-order valence-corrected chi connectivity index (χ0v) is 10.3. The number of hydrogen-bond donors (Lipinski definition) is 0. The summed E-state index contributed by atoms with van der Waals surface area (Å²) < 4.78 is 61.4. The van der Waals surface area contributed by atoms with Crippen molar-refractivity contribution in [1.82, 2.24) is 0 Å². The summed E-state index contributed by atoms with van der Waals surface area (Å²) in [6, 6.07) is 4.27. The molecular weight excluding hydrogens is 267 g/mol. The molecule has 0 saturated carbocycles. The standard InChI is InChI=1S/C9H14N.F6P/c1-3-6-10-7-4-9(2)5-8-10;1-7(2,3,4,5)6/h4-5,7-8H,3,6H2,1-2H3;/q+1;-1. The third kappa shape index (κ3) is 17.8. The maximum atomic E-state index is 9.87. The number of nitrogens with zero attached hydrogens (tertiary/aromatic N) is 1. The summed E-state index contributed by atoms with van der Waals surface area (Å²) in [7, 11) is -10.7. The van der Waals surface area contributed by atoms with E-state index in [1.54, 1.807) is 0 Å². The van der Waals surface area contributed by atoms with Crippen molar-refractivity contribution in [3.05, 3.63) is 30.1 Å². The first-order chi connectivity index (χ1) is 7.28. The van der Waals surface area contributed by atoms with E-state index in [-0.39, 0.29) is 0 Å². The van der Waals surface area contributed by atoms with E-state index in [9.17, 15) is 25.2 Å². The molecule has 0 aromatic carbocycles. The average Bonchev–Trinajstić information content (AvgIpc) is 2.04. The quantitative estimate of drug-likeness (QED) is 0.404. The molecule has 0 aliphatic rings. The van der Waals surface area contributed by atoms with Crippen molar-refractivity contribution < 1.29 is 29.7 Å². The molecule has 0 saturated heterocycles. The van der Waals surface area contributed by atoms with Gasteiger partial charge in [-0.1, -0.05) is 6.92 Å². The molecule has 1 aromatic heterocycles. The van der Waals surface area contributed by atoms with Gasteiger partial charge in [-0.3, -0.25) is 0 Å². The van der Waals surface area contributed by atoms with Crippen LogP contribution in [0.3, 0.4) is 0 Å². The summed E-state index contributed by atoms with van der Waals surface area (Å²) >= 11 is 0. The summed E-state index contributed by atoms with van der Waals surface area (Å²) in [4.78, 5) is 0. The molecule has 0 radical (unpaired) electrons. The van der Waals surface area contributed by atoms with Crippen LogP contribution < -0.4 is 4.57 Å². The molecule has 1 rings (SSSR count). The van der Waals surface area contributed by atoms with Crippen LogP contribution in [0.15, 0.2) is 24.5 Å². The second-order valence-corrected chi connectivity index (χ2v) is 5.49. The molecule has 8 heteroatoms. The Kier molecular flexibility index (Phi) is 4.22. The Morgan fingerprint density at radius 3 is 1.65 bits per heavy atom. The molecule has 0 aliphatic heterocycles. The molecule has 17 heavy (non-hydrogen) atoms. The van der Waals surface area contributed by atoms with Gasteiger partial charge in [0.2, 0.25) is 0 Å². The van der Waals surface area contributed by atoms with E-state index in [1.807, 2.05) is 0 Å². The predicted molar refractivity (Wildman–Crippen MR) is 55.2 cm³/mol. The normalized spacial score (nSPS) is 15.3. The zero-order chi connectivity index (χ0) is 13.8. The number of halogens is 6. The van der Waals surface area contributed by atoms with Gasteiger partial charge in [0.15, 0.2) is 12.4 Å². The van der Waals surface area contributed by atoms with Gasteiger partial charge in [0.1, 0.15) is 6.54 Å². The van der Waals surface area contributed by atoms with E-state index in [2.05, 4.69) is 42.9 Å². The van der Waals surface area contributed by atoms with Crippen molar-refractivity contribution >= 4 is 7.81 Å². The molecule has 0 fully saturated rings. The second kappa shape index (κ2) is 4.44. The Balaban J connectivity index is 0.000000325. The van der Waals surface area contributed by atoms with Gasteiger partial charge in [0.05, 0.1) is 0 Å². The molecule has 102 valence electrons. The molecule has 1 aromatic rings. The van der Waals surface area contributed by atoms with Crippen LogP contribution in [0.5, 0.6) is 0 Å². The number of hydrogen-bond acceptors (Lipinski definition) is 0. The Hall–Kier alpha value is -0.840. The SMILES string of the molecule is CCC[n+]1ccc(C)cc1.F[P-](F)(F)(F)(F)F. The average molecular weight is 281 g/mol. The monoisotopic (exact) mass is 281 g/mol. The summed E-state index contributed by atoms with van der Waals surface area (Å²) in [5.41, 5.74) is 1.33. The molecule has 1 nitrogen and oxygen atoms in total. The minimum absolute atomic E-state index is 1.13. The number of aryl methyl sites for hydroxylation is 2. The Bertz CT molecular complexity index is 342. The first-order valence-electron chi connectivity index (χ1n) is 4.80. The molecule has 0 unspecified atom stereocenters. The Labute approximate surface area is 95.3 Å². The van der Waals surface area contributed by atoms with Gasteiger partial charge in [-0.05, 0) is 12.5 Å². The van der Waals surface area contributed by atoms with Crippen LogP contribution in [-0.4, -0.2) is 0 Å². The van der Waals surface area contributed by atoms with Crippen molar-refractivity contribution in [1.29, 1.82) is 0 Å². The van der Waals surface area contributed by atoms with Gasteiger partial charge in [0.25, 0.3) is 0 Å². The van der Waals surface area contributed by atoms with E-state index < -0.39 is 7.81 Å². The van der Waals surface area contributed by atoms with Crippen LogP contribution in [0.1, 0.15) is 18.9 Å². The third-order valence-electron chi connectivity index (χ3n) is 1.54. The van der Waals surface area contributed by atoms with Crippen molar-refractivity contribution in [3.8, 4) is 0 Å². The Morgan fingerprint density at radius 2 is 1.35 bits per heavy atom. The van der Waals surface area contributed by atoms with E-state index in [4.69, 9.17) is 0 Å². The molecule has 0 atom stereocenters. The van der Waals surface area contributed by atoms with Crippen molar-refractivity contribution in [2.24, 2.45) is 0 Å². The van der Waals surface area contributed by atoms with Gasteiger partial charge >= 0.3 is 33.0 Å². The minimum atomic E-state index is -10.7. The molecular formula is C9H14F6NP. The van der Waals surface area contributed by atoms with Crippen LogP contribution in [0, 0.1) is 6.92 Å². The predicted octanol–water partition coefficient (Wildman–Crippen LogP) is 5.07. The van der Waals surface area contributed by atoms with Gasteiger partial charge in [0, 0.05) is 18.6 Å². The number of rotatable bonds is 2. The molecule has 0 aliphatic carbocycles. The molecule has 0 spiro atoms. The number of pyridine rings is 1. The van der Waals surface area contributed by atoms with Crippen LogP contribution in [0.25, 0.3) is 0 Å². The summed E-state index contributed by atoms with van der Waals surface area (Å²) in [6.45, 7) is 5.42. The van der Waals surface area contributed by atoms with Crippen LogP contribution in [0.2, 0.25) is 0 Å². The fraction of sp³-hybridized carbons (Fsp3) is 0.444. The van der Waals surface area contributed by atoms with Gasteiger partial charge in [-0.25, -0.2) is 4.57 Å². The van der Waals surface area contributed by atoms with E-state index in [1.165, 1.54) is 12.0 Å². The van der Waals surface area contributed by atoms with Crippen molar-refractivity contribution in [3.63, 3.8) is 0 Å². The first kappa shape index (κ1) is 16.2. The van der Waals surface area contributed by atoms with E-state index in [0.29, 0.717) is 0 Å². The topological polar surface area (TPSA) is 3.88 Å². The van der Waals surface area contributed by atoms with Crippen LogP contribution >= 0.6 is 7.81 Å². The third-order valence-corrected chi connectivity index (χ3v) is 1.54. The summed E-state index contributed by atoms with van der Waals surface area (Å²) in [5, 5.41) is 0. The number of aromatic nitrogens is 1. The molecule has 0 N–H and O–H groups in total. The van der Waals surface area contributed by atoms with Crippen molar-refractivity contribution in [2.45, 2.75) is 26.8 Å². The fourth-order valence-corrected chi connectivity index (χ4v) is 0.939. The summed E-state index contributed by atoms with van der Waals surface area (Å²) in [5.74, 6) is 0. The second-order valence-electron chi connectivity index (χ2n) is 3.57. The molecule has 1 heterocycles. The van der Waals surface area contributed by atoms with Crippen LogP contribution in [-0.2, 0) is 6.54 Å². The molecule has 0 bridgehead atoms. The summed E-state index contributed by atoms with van der Waals surface area (Å²) in [6.07, 6.45) is 5.45. The zero-order valence-electron chi connectivity index (χ0n) is 9.39. The fourth-order valence-electron chi connectivity index (χ4n) is 0.939. The van der Waals surface area contributed by atoms with Gasteiger partial charge in [-0.2, -0.15) is 0 Å². The van der Waals surface area contributed by atoms with Gasteiger partial charge in [-0.15, -0.1) is 0 Å². The van der Waals surface area contributed by atoms with E-state index in [0.717, 1.165) is 6.54 Å². The van der Waals surface area contributed by atoms with E-state index >= 15 is 0 Å². The van der Waals surface area contributed by atoms with Gasteiger partial charge < -0.3 is 0 Å². The first-order valence-corrected chi connectivity index (χ1v) is 6.83. The van der Waals surface area contributed by atoms with Crippen molar-refractivity contribution in [2.75, 3.05) is 0 Å². The Morgan fingerprint density at radius 1 is 1.00 bits per heavy atom. The molecule has 0 amide bonds.